The molecule has 10 heavy (non-hydrogen) atoms. The lowest BCUT2D eigenvalue weighted by molar-refractivity contribution is -0.152. The molecule has 3 N–H and O–H groups in total. The molecule has 0 rings (SSSR count). The van der Waals surface area contributed by atoms with E-state index in [2.05, 4.69) is 4.84 Å². The maximum atomic E-state index is 10.5. The van der Waals surface area contributed by atoms with E-state index in [-0.39, 0.29) is 6.61 Å². The predicted octanol–water partition coefficient (Wildman–Crippen LogP) is 0.378. The monoisotopic (exact) mass is 147 g/mol. The molecule has 0 aromatic carbocycles. The third-order valence-corrected chi connectivity index (χ3v) is 1.70. The standard InChI is InChI=1S/C6H13NO3/c1-3-6(2,4-10-7)5(8)9/h3-4,7H2,1-2H3,(H,8,9). The third-order valence-electron chi connectivity index (χ3n) is 1.70. The minimum absolute atomic E-state index is 0.0544. The Bertz CT molecular complexity index is 126. The molecular weight excluding hydrogens is 134 g/mol. The molecule has 0 aliphatic carbocycles. The second-order valence-electron chi connectivity index (χ2n) is 2.53. The SMILES string of the molecule is CCC(C)(CON)C(=O)O. The average Bonchev–Trinajstić information content (AvgIpc) is 1.88. The maximum Gasteiger partial charge on any atom is 0.311 e. The smallest absolute Gasteiger partial charge is 0.311 e. The minimum atomic E-state index is -0.875. The van der Waals surface area contributed by atoms with Crippen LogP contribution >= 0.6 is 0 Å². The number of hydrogen-bond acceptors (Lipinski definition) is 3. The Morgan fingerprint density at radius 3 is 2.40 bits per heavy atom. The van der Waals surface area contributed by atoms with Crippen LogP contribution in [0.3, 0.4) is 0 Å². The summed E-state index contributed by atoms with van der Waals surface area (Å²) in [6, 6.07) is 0. The van der Waals surface area contributed by atoms with E-state index in [4.69, 9.17) is 11.0 Å². The van der Waals surface area contributed by atoms with Gasteiger partial charge in [-0.25, -0.2) is 5.90 Å². The third kappa shape index (κ3) is 1.97. The number of carbonyl (C=O) groups is 1. The van der Waals surface area contributed by atoms with Crippen molar-refractivity contribution in [3.63, 3.8) is 0 Å². The molecule has 0 aromatic heterocycles. The zero-order valence-electron chi connectivity index (χ0n) is 6.26. The Morgan fingerprint density at radius 1 is 1.80 bits per heavy atom. The first-order valence-electron chi connectivity index (χ1n) is 3.12. The molecule has 0 heterocycles. The Hall–Kier alpha value is -0.610. The van der Waals surface area contributed by atoms with Crippen molar-refractivity contribution in [2.24, 2.45) is 11.3 Å². The van der Waals surface area contributed by atoms with Crippen LogP contribution in [-0.2, 0) is 9.63 Å². The molecule has 0 saturated heterocycles. The predicted molar refractivity (Wildman–Crippen MR) is 36.2 cm³/mol. The minimum Gasteiger partial charge on any atom is -0.481 e. The zero-order chi connectivity index (χ0) is 8.20. The van der Waals surface area contributed by atoms with Gasteiger partial charge in [0.25, 0.3) is 0 Å². The van der Waals surface area contributed by atoms with Crippen molar-refractivity contribution in [2.75, 3.05) is 6.61 Å². The summed E-state index contributed by atoms with van der Waals surface area (Å²) in [5, 5.41) is 8.63. The van der Waals surface area contributed by atoms with Gasteiger partial charge in [-0.15, -0.1) is 0 Å². The van der Waals surface area contributed by atoms with Gasteiger partial charge in [0.1, 0.15) is 0 Å². The van der Waals surface area contributed by atoms with E-state index < -0.39 is 11.4 Å². The summed E-state index contributed by atoms with van der Waals surface area (Å²) in [5.74, 6) is 3.89. The molecule has 0 aliphatic rings. The Balaban J connectivity index is 4.08. The lowest BCUT2D eigenvalue weighted by atomic mass is 9.89. The maximum absolute atomic E-state index is 10.5. The van der Waals surface area contributed by atoms with Gasteiger partial charge in [-0.2, -0.15) is 0 Å². The second kappa shape index (κ2) is 3.53. The van der Waals surface area contributed by atoms with Crippen LogP contribution in [0.15, 0.2) is 0 Å². The lowest BCUT2D eigenvalue weighted by Crippen LogP contribution is -2.33. The molecule has 4 heteroatoms. The molecule has 0 bridgehead atoms. The van der Waals surface area contributed by atoms with Crippen molar-refractivity contribution in [1.29, 1.82) is 0 Å². The molecular formula is C6H13NO3. The highest BCUT2D eigenvalue weighted by atomic mass is 16.6. The molecule has 0 fully saturated rings. The molecule has 4 nitrogen and oxygen atoms in total. The highest BCUT2D eigenvalue weighted by Gasteiger charge is 2.31. The van der Waals surface area contributed by atoms with Crippen LogP contribution in [-0.4, -0.2) is 17.7 Å². The summed E-state index contributed by atoms with van der Waals surface area (Å²) < 4.78 is 0. The number of hydrogen-bond donors (Lipinski definition) is 2. The molecule has 0 radical (unpaired) electrons. The van der Waals surface area contributed by atoms with E-state index in [0.717, 1.165) is 0 Å². The van der Waals surface area contributed by atoms with Crippen LogP contribution in [0.5, 0.6) is 0 Å². The highest BCUT2D eigenvalue weighted by molar-refractivity contribution is 5.74. The second-order valence-corrected chi connectivity index (χ2v) is 2.53. The highest BCUT2D eigenvalue weighted by Crippen LogP contribution is 2.20. The van der Waals surface area contributed by atoms with Crippen LogP contribution in [0.25, 0.3) is 0 Å². The lowest BCUT2D eigenvalue weighted by Gasteiger charge is -2.20. The molecule has 0 aliphatic heterocycles. The van der Waals surface area contributed by atoms with Crippen molar-refractivity contribution in [1.82, 2.24) is 0 Å². The summed E-state index contributed by atoms with van der Waals surface area (Å²) >= 11 is 0. The number of aliphatic carboxylic acids is 1. The largest absolute Gasteiger partial charge is 0.481 e. The number of carboxylic acids is 1. The Labute approximate surface area is 59.9 Å². The van der Waals surface area contributed by atoms with E-state index in [1.54, 1.807) is 13.8 Å². The summed E-state index contributed by atoms with van der Waals surface area (Å²) in [6.45, 7) is 3.44. The topological polar surface area (TPSA) is 72.5 Å². The fraction of sp³-hybridized carbons (Fsp3) is 0.833. The van der Waals surface area contributed by atoms with Crippen molar-refractivity contribution in [3.05, 3.63) is 0 Å². The average molecular weight is 147 g/mol. The van der Waals surface area contributed by atoms with E-state index in [0.29, 0.717) is 6.42 Å². The van der Waals surface area contributed by atoms with Crippen molar-refractivity contribution in [3.8, 4) is 0 Å². The van der Waals surface area contributed by atoms with E-state index in [1.807, 2.05) is 0 Å². The summed E-state index contributed by atoms with van der Waals surface area (Å²) in [5.41, 5.74) is -0.839. The van der Waals surface area contributed by atoms with Gasteiger partial charge in [0, 0.05) is 0 Å². The van der Waals surface area contributed by atoms with Crippen molar-refractivity contribution < 1.29 is 14.7 Å². The molecule has 0 aromatic rings. The van der Waals surface area contributed by atoms with Gasteiger partial charge in [-0.3, -0.25) is 4.79 Å². The first kappa shape index (κ1) is 9.39. The molecule has 0 spiro atoms. The zero-order valence-corrected chi connectivity index (χ0v) is 6.26. The molecule has 0 amide bonds. The summed E-state index contributed by atoms with van der Waals surface area (Å²) in [6.07, 6.45) is 0.513. The number of rotatable bonds is 4. The van der Waals surface area contributed by atoms with Gasteiger partial charge >= 0.3 is 5.97 Å². The first-order chi connectivity index (χ1) is 4.56. The van der Waals surface area contributed by atoms with Gasteiger partial charge in [-0.05, 0) is 13.3 Å². The molecule has 0 saturated carbocycles. The van der Waals surface area contributed by atoms with Crippen LogP contribution in [0.4, 0.5) is 0 Å². The van der Waals surface area contributed by atoms with Crippen LogP contribution in [0.1, 0.15) is 20.3 Å². The molecule has 1 unspecified atom stereocenters. The van der Waals surface area contributed by atoms with Gasteiger partial charge in [0.2, 0.25) is 0 Å². The first-order valence-corrected chi connectivity index (χ1v) is 3.12. The fourth-order valence-electron chi connectivity index (χ4n) is 0.499. The van der Waals surface area contributed by atoms with E-state index in [9.17, 15) is 4.79 Å². The fourth-order valence-corrected chi connectivity index (χ4v) is 0.499. The number of carboxylic acid groups (broad SMARTS) is 1. The summed E-state index contributed by atoms with van der Waals surface area (Å²) in [4.78, 5) is 14.8. The van der Waals surface area contributed by atoms with Crippen molar-refractivity contribution >= 4 is 5.97 Å². The quantitative estimate of drug-likeness (QED) is 0.564. The van der Waals surface area contributed by atoms with Gasteiger partial charge in [0.05, 0.1) is 12.0 Å². The number of nitrogens with two attached hydrogens (primary N) is 1. The van der Waals surface area contributed by atoms with Crippen LogP contribution < -0.4 is 5.90 Å². The van der Waals surface area contributed by atoms with E-state index >= 15 is 0 Å². The van der Waals surface area contributed by atoms with Crippen LogP contribution in [0, 0.1) is 5.41 Å². The van der Waals surface area contributed by atoms with Crippen molar-refractivity contribution in [2.45, 2.75) is 20.3 Å². The summed E-state index contributed by atoms with van der Waals surface area (Å²) in [7, 11) is 0. The van der Waals surface area contributed by atoms with Gasteiger partial charge < -0.3 is 9.94 Å². The molecule has 1 atom stereocenters. The van der Waals surface area contributed by atoms with E-state index in [1.165, 1.54) is 0 Å². The normalized spacial score (nSPS) is 16.3. The van der Waals surface area contributed by atoms with Crippen LogP contribution in [0.2, 0.25) is 0 Å². The Morgan fingerprint density at radius 2 is 2.30 bits per heavy atom. The Kier molecular flexibility index (Phi) is 3.32. The van der Waals surface area contributed by atoms with Gasteiger partial charge in [0.15, 0.2) is 0 Å². The molecule has 60 valence electrons. The van der Waals surface area contributed by atoms with Gasteiger partial charge in [-0.1, -0.05) is 6.92 Å².